The highest BCUT2D eigenvalue weighted by Gasteiger charge is 2.37. The highest BCUT2D eigenvalue weighted by Crippen LogP contribution is 2.34. The van der Waals surface area contributed by atoms with Gasteiger partial charge in [0.15, 0.2) is 6.29 Å². The number of hydrogen-bond acceptors (Lipinski definition) is 7. The van der Waals surface area contributed by atoms with Crippen molar-refractivity contribution in [3.05, 3.63) is 46.5 Å². The molecule has 7 nitrogen and oxygen atoms in total. The molecular formula is C21H25N3O4S. The van der Waals surface area contributed by atoms with Gasteiger partial charge in [0, 0.05) is 12.3 Å². The van der Waals surface area contributed by atoms with Gasteiger partial charge in [-0.25, -0.2) is 5.01 Å². The third-order valence-corrected chi connectivity index (χ3v) is 6.79. The molecule has 8 heteroatoms. The molecule has 1 amide bonds. The Balaban J connectivity index is 1.24. The van der Waals surface area contributed by atoms with Crippen LogP contribution in [0.25, 0.3) is 0 Å². The van der Waals surface area contributed by atoms with Crippen molar-refractivity contribution >= 4 is 23.0 Å². The van der Waals surface area contributed by atoms with Crippen molar-refractivity contribution in [1.82, 2.24) is 9.91 Å². The van der Waals surface area contributed by atoms with Crippen LogP contribution in [-0.4, -0.2) is 60.7 Å². The minimum Gasteiger partial charge on any atom is -0.467 e. The summed E-state index contributed by atoms with van der Waals surface area (Å²) in [7, 11) is 0. The van der Waals surface area contributed by atoms with Crippen LogP contribution in [0.1, 0.15) is 35.9 Å². The number of hydrogen-bond donors (Lipinski definition) is 0. The Bertz CT molecular complexity index is 837. The molecule has 2 aromatic heterocycles. The first-order chi connectivity index (χ1) is 14.3. The van der Waals surface area contributed by atoms with E-state index in [2.05, 4.69) is 11.0 Å². The minimum atomic E-state index is -0.174. The van der Waals surface area contributed by atoms with Crippen LogP contribution in [0.4, 0.5) is 0 Å². The van der Waals surface area contributed by atoms with Crippen molar-refractivity contribution in [3.8, 4) is 0 Å². The van der Waals surface area contributed by atoms with E-state index in [1.807, 2.05) is 23.6 Å². The molecule has 1 unspecified atom stereocenters. The predicted octanol–water partition coefficient (Wildman–Crippen LogP) is 3.10. The lowest BCUT2D eigenvalue weighted by Crippen LogP contribution is -2.43. The summed E-state index contributed by atoms with van der Waals surface area (Å²) in [6.45, 7) is 3.51. The molecule has 2 fully saturated rings. The lowest BCUT2D eigenvalue weighted by Gasteiger charge is -2.34. The van der Waals surface area contributed by atoms with Gasteiger partial charge in [0.25, 0.3) is 5.91 Å². The van der Waals surface area contributed by atoms with E-state index < -0.39 is 0 Å². The summed E-state index contributed by atoms with van der Waals surface area (Å²) in [5.74, 6) is 1.22. The molecule has 2 saturated heterocycles. The number of ether oxygens (including phenoxy) is 2. The van der Waals surface area contributed by atoms with E-state index in [0.717, 1.165) is 42.3 Å². The number of carbonyl (C=O) groups is 1. The fourth-order valence-corrected chi connectivity index (χ4v) is 5.05. The highest BCUT2D eigenvalue weighted by atomic mass is 32.1. The number of piperidine rings is 1. The molecule has 0 bridgehead atoms. The third kappa shape index (κ3) is 4.02. The van der Waals surface area contributed by atoms with Crippen LogP contribution < -0.4 is 0 Å². The van der Waals surface area contributed by atoms with E-state index in [1.165, 1.54) is 0 Å². The third-order valence-electron chi connectivity index (χ3n) is 5.87. The molecule has 0 aromatic carbocycles. The van der Waals surface area contributed by atoms with Crippen LogP contribution in [0, 0.1) is 5.92 Å². The molecule has 0 saturated carbocycles. The summed E-state index contributed by atoms with van der Waals surface area (Å²) in [5, 5.41) is 8.36. The molecule has 0 N–H and O–H groups in total. The fraction of sp³-hybridized carbons (Fsp3) is 0.524. The normalized spacial score (nSPS) is 24.3. The smallest absolute Gasteiger partial charge is 0.257 e. The standard InChI is InChI=1S/C21H25N3O4S/c25-20(14-23-7-5-15(6-8-23)21-27-10-11-28-21)24-17(18-3-1-9-26-18)13-16(22-24)19-4-2-12-29-19/h1-4,9,12,15,17,21H,5-8,10-11,13-14H2. The Morgan fingerprint density at radius 2 is 2.00 bits per heavy atom. The van der Waals surface area contributed by atoms with Gasteiger partial charge in [0.1, 0.15) is 11.8 Å². The second-order valence-electron chi connectivity index (χ2n) is 7.72. The molecule has 29 heavy (non-hydrogen) atoms. The van der Waals surface area contributed by atoms with Gasteiger partial charge in [-0.1, -0.05) is 6.07 Å². The molecule has 2 aromatic rings. The zero-order chi connectivity index (χ0) is 19.6. The van der Waals surface area contributed by atoms with Crippen LogP contribution in [0.15, 0.2) is 45.4 Å². The van der Waals surface area contributed by atoms with Gasteiger partial charge < -0.3 is 13.9 Å². The largest absolute Gasteiger partial charge is 0.467 e. The molecule has 0 radical (unpaired) electrons. The Morgan fingerprint density at radius 3 is 2.69 bits per heavy atom. The first-order valence-corrected chi connectivity index (χ1v) is 11.1. The molecule has 1 atom stereocenters. The van der Waals surface area contributed by atoms with Crippen LogP contribution in [0.3, 0.4) is 0 Å². The lowest BCUT2D eigenvalue weighted by molar-refractivity contribution is -0.136. The maximum absolute atomic E-state index is 13.2. The maximum atomic E-state index is 13.2. The monoisotopic (exact) mass is 415 g/mol. The van der Waals surface area contributed by atoms with Crippen molar-refractivity contribution in [2.45, 2.75) is 31.6 Å². The quantitative estimate of drug-likeness (QED) is 0.751. The molecular weight excluding hydrogens is 390 g/mol. The van der Waals surface area contributed by atoms with Crippen LogP contribution in [-0.2, 0) is 14.3 Å². The van der Waals surface area contributed by atoms with Gasteiger partial charge >= 0.3 is 0 Å². The predicted molar refractivity (Wildman–Crippen MR) is 109 cm³/mol. The molecule has 3 aliphatic heterocycles. The summed E-state index contributed by atoms with van der Waals surface area (Å²) in [6, 6.07) is 7.67. The van der Waals surface area contributed by atoms with Crippen molar-refractivity contribution in [2.75, 3.05) is 32.8 Å². The Morgan fingerprint density at radius 1 is 1.17 bits per heavy atom. The van der Waals surface area contributed by atoms with Gasteiger partial charge in [-0.2, -0.15) is 5.10 Å². The zero-order valence-corrected chi connectivity index (χ0v) is 17.1. The van der Waals surface area contributed by atoms with Crippen molar-refractivity contribution in [2.24, 2.45) is 11.0 Å². The Kier molecular flexibility index (Phi) is 5.50. The van der Waals surface area contributed by atoms with Crippen molar-refractivity contribution in [3.63, 3.8) is 0 Å². The first kappa shape index (κ1) is 19.0. The average molecular weight is 416 g/mol. The second kappa shape index (κ2) is 8.39. The molecule has 5 rings (SSSR count). The summed E-state index contributed by atoms with van der Waals surface area (Å²) in [6.07, 6.45) is 4.25. The number of furan rings is 1. The van der Waals surface area contributed by atoms with Crippen LogP contribution in [0.5, 0.6) is 0 Å². The van der Waals surface area contributed by atoms with Gasteiger partial charge in [0.2, 0.25) is 0 Å². The van der Waals surface area contributed by atoms with Crippen molar-refractivity contribution < 1.29 is 18.7 Å². The molecule has 154 valence electrons. The average Bonchev–Trinajstić information content (AvgIpc) is 3.55. The van der Waals surface area contributed by atoms with E-state index in [-0.39, 0.29) is 18.2 Å². The molecule has 3 aliphatic rings. The Labute approximate surface area is 173 Å². The fourth-order valence-electron chi connectivity index (χ4n) is 4.33. The number of likely N-dealkylation sites (tertiary alicyclic amines) is 1. The van der Waals surface area contributed by atoms with Gasteiger partial charge in [0.05, 0.1) is 36.6 Å². The number of hydrazone groups is 1. The topological polar surface area (TPSA) is 67.5 Å². The molecule has 0 aliphatic carbocycles. The SMILES string of the molecule is O=C(CN1CCC(C2OCCO2)CC1)N1N=C(c2cccs2)CC1c1ccco1. The minimum absolute atomic E-state index is 0.0183. The number of amides is 1. The second-order valence-corrected chi connectivity index (χ2v) is 8.67. The molecule has 5 heterocycles. The Hall–Kier alpha value is -2.00. The van der Waals surface area contributed by atoms with E-state index in [9.17, 15) is 4.79 Å². The summed E-state index contributed by atoms with van der Waals surface area (Å²) >= 11 is 1.65. The number of nitrogens with zero attached hydrogens (tertiary/aromatic N) is 3. The number of carbonyl (C=O) groups excluding carboxylic acids is 1. The van der Waals surface area contributed by atoms with Crippen LogP contribution >= 0.6 is 11.3 Å². The molecule has 0 spiro atoms. The maximum Gasteiger partial charge on any atom is 0.257 e. The lowest BCUT2D eigenvalue weighted by atomic mass is 9.96. The number of thiophene rings is 1. The number of rotatable bonds is 5. The summed E-state index contributed by atoms with van der Waals surface area (Å²) in [4.78, 5) is 16.5. The summed E-state index contributed by atoms with van der Waals surface area (Å²) < 4.78 is 16.9. The summed E-state index contributed by atoms with van der Waals surface area (Å²) in [5.41, 5.74) is 0.948. The zero-order valence-electron chi connectivity index (χ0n) is 16.2. The van der Waals surface area contributed by atoms with Gasteiger partial charge in [-0.05, 0) is 49.5 Å². The van der Waals surface area contributed by atoms with E-state index in [0.29, 0.717) is 32.1 Å². The van der Waals surface area contributed by atoms with Crippen LogP contribution in [0.2, 0.25) is 0 Å². The van der Waals surface area contributed by atoms with E-state index in [1.54, 1.807) is 22.6 Å². The van der Waals surface area contributed by atoms with E-state index >= 15 is 0 Å². The van der Waals surface area contributed by atoms with E-state index in [4.69, 9.17) is 19.0 Å². The van der Waals surface area contributed by atoms with Gasteiger partial charge in [-0.15, -0.1) is 11.3 Å². The first-order valence-electron chi connectivity index (χ1n) is 10.2. The van der Waals surface area contributed by atoms with Crippen molar-refractivity contribution in [1.29, 1.82) is 0 Å². The van der Waals surface area contributed by atoms with Gasteiger partial charge in [-0.3, -0.25) is 9.69 Å². The highest BCUT2D eigenvalue weighted by molar-refractivity contribution is 7.12.